The van der Waals surface area contributed by atoms with Gasteiger partial charge in [0.05, 0.1) is 23.5 Å². The van der Waals surface area contributed by atoms with Crippen molar-refractivity contribution in [3.8, 4) is 11.8 Å². The van der Waals surface area contributed by atoms with E-state index in [1.54, 1.807) is 6.20 Å². The van der Waals surface area contributed by atoms with Crippen molar-refractivity contribution in [1.29, 1.82) is 5.26 Å². The second kappa shape index (κ2) is 6.93. The SMILES string of the molecule is Cc1cc(/C=C(/C#N)c2ccc3ccccc3c2)c(C)n1-c1cccnc1. The van der Waals surface area contributed by atoms with Crippen molar-refractivity contribution in [2.75, 3.05) is 0 Å². The maximum atomic E-state index is 9.76. The highest BCUT2D eigenvalue weighted by Crippen LogP contribution is 2.26. The predicted octanol–water partition coefficient (Wildman–Crippen LogP) is 5.71. The fourth-order valence-electron chi connectivity index (χ4n) is 3.51. The molecule has 0 unspecified atom stereocenters. The molecule has 0 atom stereocenters. The van der Waals surface area contributed by atoms with Crippen LogP contribution in [0.3, 0.4) is 0 Å². The molecule has 0 fully saturated rings. The first-order chi connectivity index (χ1) is 13.2. The van der Waals surface area contributed by atoms with Gasteiger partial charge in [0.25, 0.3) is 0 Å². The van der Waals surface area contributed by atoms with Gasteiger partial charge in [-0.3, -0.25) is 4.98 Å². The Kier molecular flexibility index (Phi) is 4.32. The summed E-state index contributed by atoms with van der Waals surface area (Å²) in [6, 6.07) is 22.8. The topological polar surface area (TPSA) is 41.6 Å². The molecule has 0 aliphatic rings. The molecule has 2 heterocycles. The minimum absolute atomic E-state index is 0.659. The van der Waals surface area contributed by atoms with Crippen LogP contribution in [-0.2, 0) is 0 Å². The highest BCUT2D eigenvalue weighted by molar-refractivity contribution is 5.94. The van der Waals surface area contributed by atoms with Crippen LogP contribution in [0.1, 0.15) is 22.5 Å². The zero-order valence-electron chi connectivity index (χ0n) is 15.3. The molecule has 3 heteroatoms. The van der Waals surface area contributed by atoms with E-state index in [0.717, 1.165) is 33.6 Å². The summed E-state index contributed by atoms with van der Waals surface area (Å²) >= 11 is 0. The molecule has 0 radical (unpaired) electrons. The quantitative estimate of drug-likeness (QED) is 0.445. The van der Waals surface area contributed by atoms with Crippen molar-refractivity contribution in [1.82, 2.24) is 9.55 Å². The molecule has 0 bridgehead atoms. The highest BCUT2D eigenvalue weighted by atomic mass is 15.0. The standard InChI is InChI=1S/C24H19N3/c1-17-12-22(18(2)27(17)24-8-5-11-26-16-24)14-23(15-25)21-10-9-19-6-3-4-7-20(19)13-21/h3-14,16H,1-2H3/b23-14-. The van der Waals surface area contributed by atoms with Gasteiger partial charge >= 0.3 is 0 Å². The van der Waals surface area contributed by atoms with Gasteiger partial charge in [-0.15, -0.1) is 0 Å². The van der Waals surface area contributed by atoms with E-state index in [1.807, 2.05) is 42.6 Å². The monoisotopic (exact) mass is 349 g/mol. The number of allylic oxidation sites excluding steroid dienone is 1. The minimum Gasteiger partial charge on any atom is -0.316 e. The smallest absolute Gasteiger partial charge is 0.0998 e. The number of aromatic nitrogens is 2. The molecule has 27 heavy (non-hydrogen) atoms. The molecule has 0 saturated carbocycles. The summed E-state index contributed by atoms with van der Waals surface area (Å²) in [4.78, 5) is 4.22. The van der Waals surface area contributed by atoms with Gasteiger partial charge in [-0.05, 0) is 66.1 Å². The average Bonchev–Trinajstić information content (AvgIpc) is 2.99. The number of hydrogen-bond acceptors (Lipinski definition) is 2. The lowest BCUT2D eigenvalue weighted by Crippen LogP contribution is -1.99. The fourth-order valence-corrected chi connectivity index (χ4v) is 3.51. The molecule has 0 N–H and O–H groups in total. The Hall–Kier alpha value is -3.64. The molecule has 0 saturated heterocycles. The van der Waals surface area contributed by atoms with E-state index >= 15 is 0 Å². The number of hydrogen-bond donors (Lipinski definition) is 0. The number of benzene rings is 2. The number of pyridine rings is 1. The lowest BCUT2D eigenvalue weighted by atomic mass is 10.0. The van der Waals surface area contributed by atoms with Gasteiger partial charge in [0, 0.05) is 17.6 Å². The Labute approximate surface area is 158 Å². The molecule has 2 aromatic heterocycles. The van der Waals surface area contributed by atoms with E-state index in [1.165, 1.54) is 5.39 Å². The van der Waals surface area contributed by atoms with Crippen LogP contribution in [0.2, 0.25) is 0 Å². The summed E-state index contributed by atoms with van der Waals surface area (Å²) in [5, 5.41) is 12.1. The molecule has 4 rings (SSSR count). The normalized spacial score (nSPS) is 11.5. The Morgan fingerprint density at radius 1 is 1.00 bits per heavy atom. The number of aryl methyl sites for hydroxylation is 1. The van der Waals surface area contributed by atoms with Crippen LogP contribution in [-0.4, -0.2) is 9.55 Å². The van der Waals surface area contributed by atoms with Crippen LogP contribution >= 0.6 is 0 Å². The molecule has 130 valence electrons. The second-order valence-electron chi connectivity index (χ2n) is 6.60. The van der Waals surface area contributed by atoms with Crippen LogP contribution in [0, 0.1) is 25.2 Å². The van der Waals surface area contributed by atoms with E-state index in [2.05, 4.69) is 59.8 Å². The van der Waals surface area contributed by atoms with Crippen molar-refractivity contribution in [2.45, 2.75) is 13.8 Å². The lowest BCUT2D eigenvalue weighted by Gasteiger charge is -2.08. The van der Waals surface area contributed by atoms with Crippen molar-refractivity contribution < 1.29 is 0 Å². The van der Waals surface area contributed by atoms with Crippen molar-refractivity contribution >= 4 is 22.4 Å². The van der Waals surface area contributed by atoms with Crippen molar-refractivity contribution in [2.24, 2.45) is 0 Å². The van der Waals surface area contributed by atoms with Gasteiger partial charge in [0.15, 0.2) is 0 Å². The molecule has 0 amide bonds. The van der Waals surface area contributed by atoms with Gasteiger partial charge in [-0.25, -0.2) is 0 Å². The van der Waals surface area contributed by atoms with Gasteiger partial charge in [-0.2, -0.15) is 5.26 Å². The maximum Gasteiger partial charge on any atom is 0.0998 e. The molecule has 0 aliphatic carbocycles. The zero-order valence-corrected chi connectivity index (χ0v) is 15.3. The van der Waals surface area contributed by atoms with Crippen LogP contribution in [0.5, 0.6) is 0 Å². The van der Waals surface area contributed by atoms with Gasteiger partial charge in [-0.1, -0.05) is 36.4 Å². The Balaban J connectivity index is 1.80. The summed E-state index contributed by atoms with van der Waals surface area (Å²) in [7, 11) is 0. The van der Waals surface area contributed by atoms with Crippen molar-refractivity contribution in [3.05, 3.63) is 95.6 Å². The first kappa shape index (κ1) is 16.8. The maximum absolute atomic E-state index is 9.76. The van der Waals surface area contributed by atoms with Crippen molar-refractivity contribution in [3.63, 3.8) is 0 Å². The van der Waals surface area contributed by atoms with Crippen LogP contribution in [0.15, 0.2) is 73.1 Å². The van der Waals surface area contributed by atoms with E-state index in [-0.39, 0.29) is 0 Å². The molecular weight excluding hydrogens is 330 g/mol. The minimum atomic E-state index is 0.659. The molecule has 4 aromatic rings. The molecule has 3 nitrogen and oxygen atoms in total. The van der Waals surface area contributed by atoms with Gasteiger partial charge in [0.1, 0.15) is 0 Å². The first-order valence-electron chi connectivity index (χ1n) is 8.87. The number of fused-ring (bicyclic) bond motifs is 1. The number of nitriles is 1. The third kappa shape index (κ3) is 3.14. The molecule has 2 aromatic carbocycles. The second-order valence-corrected chi connectivity index (χ2v) is 6.60. The third-order valence-electron chi connectivity index (χ3n) is 4.86. The lowest BCUT2D eigenvalue weighted by molar-refractivity contribution is 0.954. The van der Waals surface area contributed by atoms with E-state index in [0.29, 0.717) is 5.57 Å². The van der Waals surface area contributed by atoms with Gasteiger partial charge in [0.2, 0.25) is 0 Å². The average molecular weight is 349 g/mol. The third-order valence-corrected chi connectivity index (χ3v) is 4.86. The summed E-state index contributed by atoms with van der Waals surface area (Å²) in [5.41, 5.74) is 5.86. The summed E-state index contributed by atoms with van der Waals surface area (Å²) < 4.78 is 2.16. The van der Waals surface area contributed by atoms with Crippen LogP contribution < -0.4 is 0 Å². The van der Waals surface area contributed by atoms with E-state index in [9.17, 15) is 5.26 Å². The molecular formula is C24H19N3. The zero-order chi connectivity index (χ0) is 18.8. The summed E-state index contributed by atoms with van der Waals surface area (Å²) in [6.07, 6.45) is 5.59. The van der Waals surface area contributed by atoms with E-state index in [4.69, 9.17) is 0 Å². The first-order valence-corrected chi connectivity index (χ1v) is 8.87. The fraction of sp³-hybridized carbons (Fsp3) is 0.0833. The van der Waals surface area contributed by atoms with Gasteiger partial charge < -0.3 is 4.57 Å². The van der Waals surface area contributed by atoms with Crippen LogP contribution in [0.25, 0.3) is 28.1 Å². The summed E-state index contributed by atoms with van der Waals surface area (Å²) in [6.45, 7) is 4.14. The Morgan fingerprint density at radius 3 is 2.56 bits per heavy atom. The largest absolute Gasteiger partial charge is 0.316 e. The van der Waals surface area contributed by atoms with E-state index < -0.39 is 0 Å². The summed E-state index contributed by atoms with van der Waals surface area (Å²) in [5.74, 6) is 0. The highest BCUT2D eigenvalue weighted by Gasteiger charge is 2.11. The predicted molar refractivity (Wildman–Crippen MR) is 110 cm³/mol. The van der Waals surface area contributed by atoms with Crippen LogP contribution in [0.4, 0.5) is 0 Å². The Morgan fingerprint density at radius 2 is 1.81 bits per heavy atom. The molecule has 0 spiro atoms. The number of rotatable bonds is 3. The Bertz CT molecular complexity index is 1190. The number of nitrogens with zero attached hydrogens (tertiary/aromatic N) is 3. The molecule has 0 aliphatic heterocycles.